The molecule has 4 rings (SSSR count). The molecule has 0 radical (unpaired) electrons. The summed E-state index contributed by atoms with van der Waals surface area (Å²) in [7, 11) is 1.48. The summed E-state index contributed by atoms with van der Waals surface area (Å²) < 4.78 is 12.4. The molecular formula is C28H32ClIN2O7. The first kappa shape index (κ1) is 29.6. The molecule has 3 atom stereocenters. The van der Waals surface area contributed by atoms with E-state index in [0.29, 0.717) is 31.2 Å². The molecule has 2 aliphatic rings. The average Bonchev–Trinajstić information content (AvgIpc) is 3.78. The fraction of sp³-hybridized carbons (Fsp3) is 0.429. The molecule has 2 aliphatic carbocycles. The minimum absolute atomic E-state index is 0.0682. The lowest BCUT2D eigenvalue weighted by molar-refractivity contribution is -0.140. The Morgan fingerprint density at radius 1 is 1.15 bits per heavy atom. The Hall–Kier alpha value is -2.38. The van der Waals surface area contributed by atoms with Crippen molar-refractivity contribution in [2.45, 2.75) is 50.7 Å². The number of carbonyl (C=O) groups is 2. The molecule has 2 aromatic carbocycles. The first-order valence-electron chi connectivity index (χ1n) is 12.7. The van der Waals surface area contributed by atoms with Gasteiger partial charge in [0.1, 0.15) is 12.2 Å². The van der Waals surface area contributed by atoms with Crippen LogP contribution in [-0.4, -0.2) is 70.5 Å². The van der Waals surface area contributed by atoms with Crippen LogP contribution >= 0.6 is 34.2 Å². The molecule has 9 nitrogen and oxygen atoms in total. The van der Waals surface area contributed by atoms with Crippen LogP contribution < -0.4 is 14.8 Å². The van der Waals surface area contributed by atoms with Gasteiger partial charge in [-0.2, -0.15) is 0 Å². The molecule has 210 valence electrons. The van der Waals surface area contributed by atoms with Crippen LogP contribution in [0, 0.1) is 9.49 Å². The number of rotatable bonds is 11. The van der Waals surface area contributed by atoms with Crippen LogP contribution in [0.4, 0.5) is 0 Å². The van der Waals surface area contributed by atoms with Crippen molar-refractivity contribution in [2.24, 2.45) is 5.92 Å². The Kier molecular flexibility index (Phi) is 10.1. The lowest BCUT2D eigenvalue weighted by Crippen LogP contribution is -2.55. The van der Waals surface area contributed by atoms with Crippen molar-refractivity contribution >= 4 is 46.0 Å². The van der Waals surface area contributed by atoms with Gasteiger partial charge in [-0.25, -0.2) is 0 Å². The Bertz CT molecular complexity index is 1220. The lowest BCUT2D eigenvalue weighted by atomic mass is 9.87. The van der Waals surface area contributed by atoms with E-state index >= 15 is 0 Å². The number of nitrogens with zero attached hydrogens (tertiary/aromatic N) is 1. The number of benzene rings is 2. The van der Waals surface area contributed by atoms with Gasteiger partial charge in [0.05, 0.1) is 29.9 Å². The minimum atomic E-state index is -1.16. The largest absolute Gasteiger partial charge is 0.493 e. The smallest absolute Gasteiger partial charge is 0.247 e. The first-order chi connectivity index (χ1) is 18.7. The zero-order valence-corrected chi connectivity index (χ0v) is 24.4. The zero-order valence-electron chi connectivity index (χ0n) is 21.5. The number of hydrogen-bond acceptors (Lipinski definition) is 7. The average molecular weight is 671 g/mol. The molecule has 0 heterocycles. The Morgan fingerprint density at radius 3 is 2.49 bits per heavy atom. The standard InChI is InChI=1S/C28H32ClIN2O7/c1-38-24-11-17(15-34)10-21(30)26(24)39-23-13-19(27(36)31-8-9-33)12-22(25(23)35)32(28(37)18-4-5-18)14-16-2-6-20(29)7-3-16/h2-3,6-7,10-11,13,18,22-23,25,33-35H,4-5,8-9,12,14-15H2,1H3,(H,31,36). The van der Waals surface area contributed by atoms with Gasteiger partial charge in [-0.3, -0.25) is 9.59 Å². The third kappa shape index (κ3) is 7.23. The van der Waals surface area contributed by atoms with E-state index in [1.54, 1.807) is 35.2 Å². The van der Waals surface area contributed by atoms with Gasteiger partial charge in [-0.1, -0.05) is 23.7 Å². The van der Waals surface area contributed by atoms with Crippen LogP contribution in [0.2, 0.25) is 5.02 Å². The van der Waals surface area contributed by atoms with E-state index in [-0.39, 0.29) is 44.5 Å². The van der Waals surface area contributed by atoms with Crippen LogP contribution in [0.1, 0.15) is 30.4 Å². The van der Waals surface area contributed by atoms with E-state index in [4.69, 9.17) is 21.1 Å². The summed E-state index contributed by atoms with van der Waals surface area (Å²) in [6.45, 7) is -0.101. The molecule has 0 aliphatic heterocycles. The molecule has 0 aromatic heterocycles. The van der Waals surface area contributed by atoms with Crippen molar-refractivity contribution in [1.29, 1.82) is 0 Å². The molecule has 0 bridgehead atoms. The van der Waals surface area contributed by atoms with Crippen molar-refractivity contribution < 1.29 is 34.4 Å². The Balaban J connectivity index is 1.70. The van der Waals surface area contributed by atoms with Gasteiger partial charge in [0.15, 0.2) is 11.5 Å². The topological polar surface area (TPSA) is 129 Å². The maximum absolute atomic E-state index is 13.5. The molecular weight excluding hydrogens is 639 g/mol. The van der Waals surface area contributed by atoms with Gasteiger partial charge in [0, 0.05) is 36.0 Å². The van der Waals surface area contributed by atoms with Crippen molar-refractivity contribution in [3.05, 3.63) is 67.8 Å². The Morgan fingerprint density at radius 2 is 1.87 bits per heavy atom. The maximum atomic E-state index is 13.5. The number of amides is 2. The van der Waals surface area contributed by atoms with Gasteiger partial charge in [-0.05, 0) is 76.9 Å². The zero-order chi connectivity index (χ0) is 28.1. The summed E-state index contributed by atoms with van der Waals surface area (Å²) >= 11 is 8.12. The van der Waals surface area contributed by atoms with Crippen LogP contribution in [0.15, 0.2) is 48.0 Å². The molecule has 0 spiro atoms. The van der Waals surface area contributed by atoms with E-state index in [2.05, 4.69) is 27.9 Å². The number of halogens is 2. The molecule has 1 fully saturated rings. The van der Waals surface area contributed by atoms with Crippen LogP contribution in [-0.2, 0) is 22.7 Å². The third-order valence-electron chi connectivity index (χ3n) is 6.82. The quantitative estimate of drug-likeness (QED) is 0.271. The summed E-state index contributed by atoms with van der Waals surface area (Å²) in [5.41, 5.74) is 1.82. The molecule has 11 heteroatoms. The normalized spacial score (nSPS) is 20.7. The highest BCUT2D eigenvalue weighted by Crippen LogP contribution is 2.39. The highest BCUT2D eigenvalue weighted by Gasteiger charge is 2.44. The number of aliphatic hydroxyl groups is 3. The van der Waals surface area contributed by atoms with E-state index in [0.717, 1.165) is 18.4 Å². The van der Waals surface area contributed by atoms with Crippen LogP contribution in [0.25, 0.3) is 0 Å². The Labute approximate surface area is 245 Å². The summed E-state index contributed by atoms with van der Waals surface area (Å²) in [4.78, 5) is 28.2. The number of hydrogen-bond donors (Lipinski definition) is 4. The molecule has 0 saturated heterocycles. The van der Waals surface area contributed by atoms with Gasteiger partial charge in [0.25, 0.3) is 0 Å². The molecule has 1 saturated carbocycles. The molecule has 3 unspecified atom stereocenters. The highest BCUT2D eigenvalue weighted by molar-refractivity contribution is 14.1. The summed E-state index contributed by atoms with van der Waals surface area (Å²) in [6, 6.07) is 9.80. The van der Waals surface area contributed by atoms with Gasteiger partial charge in [0.2, 0.25) is 11.8 Å². The van der Waals surface area contributed by atoms with Gasteiger partial charge >= 0.3 is 0 Å². The maximum Gasteiger partial charge on any atom is 0.247 e. The minimum Gasteiger partial charge on any atom is -0.493 e. The number of ether oxygens (including phenoxy) is 2. The van der Waals surface area contributed by atoms with E-state index in [1.807, 2.05) is 12.1 Å². The molecule has 2 aromatic rings. The first-order valence-corrected chi connectivity index (χ1v) is 14.2. The third-order valence-corrected chi connectivity index (χ3v) is 7.87. The number of nitrogens with one attached hydrogen (secondary N) is 1. The summed E-state index contributed by atoms with van der Waals surface area (Å²) in [5.74, 6) is 0.117. The van der Waals surface area contributed by atoms with Crippen molar-refractivity contribution in [2.75, 3.05) is 20.3 Å². The van der Waals surface area contributed by atoms with Crippen molar-refractivity contribution in [3.8, 4) is 11.5 Å². The second-order valence-electron chi connectivity index (χ2n) is 9.65. The van der Waals surface area contributed by atoms with Crippen molar-refractivity contribution in [3.63, 3.8) is 0 Å². The van der Waals surface area contributed by atoms with Crippen LogP contribution in [0.3, 0.4) is 0 Å². The summed E-state index contributed by atoms with van der Waals surface area (Å²) in [5, 5.41) is 33.6. The number of methoxy groups -OCH3 is 1. The van der Waals surface area contributed by atoms with E-state index in [9.17, 15) is 24.9 Å². The second-order valence-corrected chi connectivity index (χ2v) is 11.2. The predicted octanol–water partition coefficient (Wildman–Crippen LogP) is 2.80. The molecule has 39 heavy (non-hydrogen) atoms. The van der Waals surface area contributed by atoms with E-state index in [1.165, 1.54) is 7.11 Å². The summed E-state index contributed by atoms with van der Waals surface area (Å²) in [6.07, 6.45) is 1.09. The van der Waals surface area contributed by atoms with E-state index < -0.39 is 24.2 Å². The van der Waals surface area contributed by atoms with Gasteiger partial charge in [-0.15, -0.1) is 0 Å². The second kappa shape index (κ2) is 13.3. The van der Waals surface area contributed by atoms with Gasteiger partial charge < -0.3 is 35.0 Å². The number of carbonyl (C=O) groups excluding carboxylic acids is 2. The van der Waals surface area contributed by atoms with Crippen molar-refractivity contribution in [1.82, 2.24) is 10.2 Å². The lowest BCUT2D eigenvalue weighted by Gasteiger charge is -2.41. The fourth-order valence-corrected chi connectivity index (χ4v) is 5.52. The monoisotopic (exact) mass is 670 g/mol. The fourth-order valence-electron chi connectivity index (χ4n) is 4.60. The highest BCUT2D eigenvalue weighted by atomic mass is 127. The molecule has 2 amide bonds. The number of aliphatic hydroxyl groups excluding tert-OH is 3. The molecule has 4 N–H and O–H groups in total. The SMILES string of the molecule is COc1cc(CO)cc(I)c1OC1C=C(C(=O)NCCO)CC(N(Cc2ccc(Cl)cc2)C(=O)C2CC2)C1O. The predicted molar refractivity (Wildman–Crippen MR) is 153 cm³/mol. The van der Waals surface area contributed by atoms with Crippen LogP contribution in [0.5, 0.6) is 11.5 Å².